The van der Waals surface area contributed by atoms with Gasteiger partial charge in [0.15, 0.2) is 0 Å². The Labute approximate surface area is 70.5 Å². The van der Waals surface area contributed by atoms with E-state index in [-0.39, 0.29) is 12.2 Å². The van der Waals surface area contributed by atoms with Crippen LogP contribution in [0.4, 0.5) is 0 Å². The standard InChI is InChI=1S/C8H12O4/c9-8(10)5-4-12-6-2-1-3-11-7(5)6/h5-7H,1-4H2,(H,9,10)/t5-,6-,7-/m0/s1. The summed E-state index contributed by atoms with van der Waals surface area (Å²) in [4.78, 5) is 10.7. The SMILES string of the molecule is O=C(O)[C@H]1CO[C@H]2CCCO[C@H]21. The van der Waals surface area contributed by atoms with Crippen LogP contribution in [0.25, 0.3) is 0 Å². The molecule has 2 aliphatic heterocycles. The van der Waals surface area contributed by atoms with E-state index < -0.39 is 11.9 Å². The molecule has 0 saturated carbocycles. The number of hydrogen-bond acceptors (Lipinski definition) is 3. The highest BCUT2D eigenvalue weighted by Crippen LogP contribution is 2.30. The van der Waals surface area contributed by atoms with Crippen LogP contribution in [-0.4, -0.2) is 36.5 Å². The van der Waals surface area contributed by atoms with E-state index in [1.165, 1.54) is 0 Å². The highest BCUT2D eigenvalue weighted by atomic mass is 16.6. The van der Waals surface area contributed by atoms with Crippen molar-refractivity contribution < 1.29 is 19.4 Å². The van der Waals surface area contributed by atoms with Gasteiger partial charge in [-0.3, -0.25) is 4.79 Å². The maximum Gasteiger partial charge on any atom is 0.311 e. The quantitative estimate of drug-likeness (QED) is 0.616. The van der Waals surface area contributed by atoms with Crippen LogP contribution >= 0.6 is 0 Å². The molecule has 0 spiro atoms. The van der Waals surface area contributed by atoms with Crippen LogP contribution in [0, 0.1) is 5.92 Å². The molecule has 2 saturated heterocycles. The molecule has 12 heavy (non-hydrogen) atoms. The lowest BCUT2D eigenvalue weighted by molar-refractivity contribution is -0.146. The number of carbonyl (C=O) groups is 1. The van der Waals surface area contributed by atoms with Crippen molar-refractivity contribution in [1.29, 1.82) is 0 Å². The smallest absolute Gasteiger partial charge is 0.311 e. The first-order chi connectivity index (χ1) is 5.79. The third kappa shape index (κ3) is 1.21. The largest absolute Gasteiger partial charge is 0.481 e. The van der Waals surface area contributed by atoms with E-state index in [2.05, 4.69) is 0 Å². The van der Waals surface area contributed by atoms with Crippen LogP contribution < -0.4 is 0 Å². The summed E-state index contributed by atoms with van der Waals surface area (Å²) in [5.41, 5.74) is 0. The average Bonchev–Trinajstić information content (AvgIpc) is 2.47. The van der Waals surface area contributed by atoms with Crippen LogP contribution in [0.1, 0.15) is 12.8 Å². The third-order valence-electron chi connectivity index (χ3n) is 2.51. The molecule has 0 aromatic heterocycles. The molecule has 0 aromatic carbocycles. The second-order valence-electron chi connectivity index (χ2n) is 3.29. The second-order valence-corrected chi connectivity index (χ2v) is 3.29. The first-order valence-electron chi connectivity index (χ1n) is 4.25. The maximum atomic E-state index is 10.7. The zero-order valence-corrected chi connectivity index (χ0v) is 6.73. The van der Waals surface area contributed by atoms with Gasteiger partial charge in [-0.05, 0) is 12.8 Å². The van der Waals surface area contributed by atoms with Gasteiger partial charge in [-0.2, -0.15) is 0 Å². The second kappa shape index (κ2) is 3.03. The molecule has 4 nitrogen and oxygen atoms in total. The molecule has 2 heterocycles. The van der Waals surface area contributed by atoms with Crippen LogP contribution in [-0.2, 0) is 14.3 Å². The molecule has 68 valence electrons. The number of aliphatic carboxylic acids is 1. The summed E-state index contributed by atoms with van der Waals surface area (Å²) in [6.45, 7) is 0.985. The molecule has 0 unspecified atom stereocenters. The number of rotatable bonds is 1. The molecular formula is C8H12O4. The van der Waals surface area contributed by atoms with E-state index in [1.54, 1.807) is 0 Å². The molecule has 0 amide bonds. The van der Waals surface area contributed by atoms with Crippen molar-refractivity contribution in [2.75, 3.05) is 13.2 Å². The van der Waals surface area contributed by atoms with Crippen molar-refractivity contribution in [3.8, 4) is 0 Å². The Hall–Kier alpha value is -0.610. The van der Waals surface area contributed by atoms with Crippen molar-refractivity contribution in [2.45, 2.75) is 25.0 Å². The van der Waals surface area contributed by atoms with Crippen LogP contribution in [0.15, 0.2) is 0 Å². The van der Waals surface area contributed by atoms with E-state index in [0.29, 0.717) is 13.2 Å². The summed E-state index contributed by atoms with van der Waals surface area (Å²) >= 11 is 0. The number of carboxylic acids is 1. The first-order valence-corrected chi connectivity index (χ1v) is 4.25. The van der Waals surface area contributed by atoms with Gasteiger partial charge in [0.25, 0.3) is 0 Å². The lowest BCUT2D eigenvalue weighted by Gasteiger charge is -2.26. The summed E-state index contributed by atoms with van der Waals surface area (Å²) in [6.07, 6.45) is 1.75. The molecule has 0 bridgehead atoms. The summed E-state index contributed by atoms with van der Waals surface area (Å²) in [5.74, 6) is -1.25. The normalized spacial score (nSPS) is 40.8. The lowest BCUT2D eigenvalue weighted by Crippen LogP contribution is -2.37. The Bertz CT molecular complexity index is 191. The molecule has 2 rings (SSSR count). The molecule has 4 heteroatoms. The Morgan fingerprint density at radius 3 is 3.00 bits per heavy atom. The van der Waals surface area contributed by atoms with Crippen LogP contribution in [0.3, 0.4) is 0 Å². The Morgan fingerprint density at radius 2 is 2.25 bits per heavy atom. The number of carboxylic acid groups (broad SMARTS) is 1. The van der Waals surface area contributed by atoms with Crippen LogP contribution in [0.2, 0.25) is 0 Å². The van der Waals surface area contributed by atoms with Gasteiger partial charge in [-0.1, -0.05) is 0 Å². The number of hydrogen-bond donors (Lipinski definition) is 1. The highest BCUT2D eigenvalue weighted by molar-refractivity contribution is 5.71. The molecule has 0 radical (unpaired) electrons. The van der Waals surface area contributed by atoms with Gasteiger partial charge in [0.1, 0.15) is 5.92 Å². The molecule has 1 N–H and O–H groups in total. The predicted octanol–water partition coefficient (Wildman–Crippen LogP) is 0.265. The molecule has 2 aliphatic rings. The van der Waals surface area contributed by atoms with E-state index in [1.807, 2.05) is 0 Å². The third-order valence-corrected chi connectivity index (χ3v) is 2.51. The average molecular weight is 172 g/mol. The molecule has 0 aliphatic carbocycles. The fourth-order valence-electron chi connectivity index (χ4n) is 1.86. The van der Waals surface area contributed by atoms with Crippen molar-refractivity contribution >= 4 is 5.97 Å². The Kier molecular flexibility index (Phi) is 2.02. The molecule has 3 atom stereocenters. The zero-order chi connectivity index (χ0) is 8.55. The van der Waals surface area contributed by atoms with Gasteiger partial charge in [-0.15, -0.1) is 0 Å². The van der Waals surface area contributed by atoms with E-state index in [4.69, 9.17) is 14.6 Å². The van der Waals surface area contributed by atoms with Crippen molar-refractivity contribution in [2.24, 2.45) is 5.92 Å². The number of ether oxygens (including phenoxy) is 2. The summed E-state index contributed by atoms with van der Waals surface area (Å²) < 4.78 is 10.7. The fourth-order valence-corrected chi connectivity index (χ4v) is 1.86. The van der Waals surface area contributed by atoms with Gasteiger partial charge in [0, 0.05) is 6.61 Å². The fraction of sp³-hybridized carbons (Fsp3) is 0.875. The van der Waals surface area contributed by atoms with E-state index >= 15 is 0 Å². The van der Waals surface area contributed by atoms with Crippen molar-refractivity contribution in [1.82, 2.24) is 0 Å². The van der Waals surface area contributed by atoms with Gasteiger partial charge in [0.2, 0.25) is 0 Å². The van der Waals surface area contributed by atoms with Gasteiger partial charge < -0.3 is 14.6 Å². The monoisotopic (exact) mass is 172 g/mol. The van der Waals surface area contributed by atoms with E-state index in [9.17, 15) is 4.79 Å². The summed E-state index contributed by atoms with van der Waals surface area (Å²) in [6, 6.07) is 0. The topological polar surface area (TPSA) is 55.8 Å². The minimum absolute atomic E-state index is 0.0276. The van der Waals surface area contributed by atoms with Crippen molar-refractivity contribution in [3.63, 3.8) is 0 Å². The van der Waals surface area contributed by atoms with Gasteiger partial charge in [-0.25, -0.2) is 0 Å². The Balaban J connectivity index is 2.05. The van der Waals surface area contributed by atoms with E-state index in [0.717, 1.165) is 12.8 Å². The number of fused-ring (bicyclic) bond motifs is 1. The van der Waals surface area contributed by atoms with Crippen LogP contribution in [0.5, 0.6) is 0 Å². The summed E-state index contributed by atoms with van der Waals surface area (Å²) in [5, 5.41) is 8.79. The highest BCUT2D eigenvalue weighted by Gasteiger charge is 2.43. The summed E-state index contributed by atoms with van der Waals surface area (Å²) in [7, 11) is 0. The predicted molar refractivity (Wildman–Crippen MR) is 39.8 cm³/mol. The van der Waals surface area contributed by atoms with Gasteiger partial charge in [0.05, 0.1) is 18.8 Å². The van der Waals surface area contributed by atoms with Crippen molar-refractivity contribution in [3.05, 3.63) is 0 Å². The van der Waals surface area contributed by atoms with Gasteiger partial charge >= 0.3 is 5.97 Å². The molecule has 2 fully saturated rings. The Morgan fingerprint density at radius 1 is 1.42 bits per heavy atom. The maximum absolute atomic E-state index is 10.7. The first kappa shape index (κ1) is 8.01. The zero-order valence-electron chi connectivity index (χ0n) is 6.73. The minimum atomic E-state index is -0.801. The molecule has 0 aromatic rings. The minimum Gasteiger partial charge on any atom is -0.481 e. The lowest BCUT2D eigenvalue weighted by atomic mass is 9.97. The molecular weight excluding hydrogens is 160 g/mol.